The number of Topliss-reactive ketones (excluding diaryl/α,β-unsaturated/α-hetero) is 2. The number of carbonyl (C=O) groups is 3. The quantitative estimate of drug-likeness (QED) is 0.218. The Labute approximate surface area is 222 Å². The first kappa shape index (κ1) is 28.6. The SMILES string of the molecule is CCC(=O)CCCCCC(CNCCN1CCc2ccccc21)NC(=O)CCCC(=O)c1ccccc1. The van der Waals surface area contributed by atoms with Crippen LogP contribution in [0.2, 0.25) is 0 Å². The maximum absolute atomic E-state index is 12.7. The van der Waals surface area contributed by atoms with Gasteiger partial charge in [0.15, 0.2) is 5.78 Å². The zero-order valence-corrected chi connectivity index (χ0v) is 22.3. The Balaban J connectivity index is 1.39. The third kappa shape index (κ3) is 10.1. The van der Waals surface area contributed by atoms with E-state index in [1.807, 2.05) is 37.3 Å². The molecule has 1 amide bonds. The summed E-state index contributed by atoms with van der Waals surface area (Å²) >= 11 is 0. The Morgan fingerprint density at radius 2 is 1.68 bits per heavy atom. The molecule has 1 aliphatic heterocycles. The monoisotopic (exact) mass is 505 g/mol. The van der Waals surface area contributed by atoms with E-state index in [1.165, 1.54) is 11.3 Å². The molecule has 1 unspecified atom stereocenters. The summed E-state index contributed by atoms with van der Waals surface area (Å²) in [5.41, 5.74) is 3.45. The molecule has 2 aromatic rings. The minimum absolute atomic E-state index is 0.00212. The Hall–Kier alpha value is -2.99. The van der Waals surface area contributed by atoms with Gasteiger partial charge in [-0.3, -0.25) is 14.4 Å². The fourth-order valence-corrected chi connectivity index (χ4v) is 4.90. The van der Waals surface area contributed by atoms with E-state index < -0.39 is 0 Å². The van der Waals surface area contributed by atoms with Crippen LogP contribution in [0.5, 0.6) is 0 Å². The summed E-state index contributed by atoms with van der Waals surface area (Å²) in [5, 5.41) is 6.74. The van der Waals surface area contributed by atoms with Crippen molar-refractivity contribution in [3.8, 4) is 0 Å². The Kier molecular flexibility index (Phi) is 12.3. The predicted octanol–water partition coefficient (Wildman–Crippen LogP) is 5.11. The van der Waals surface area contributed by atoms with Gasteiger partial charge in [-0.15, -0.1) is 0 Å². The van der Waals surface area contributed by atoms with Gasteiger partial charge in [-0.1, -0.05) is 68.3 Å². The molecule has 0 aliphatic carbocycles. The molecule has 0 radical (unpaired) electrons. The van der Waals surface area contributed by atoms with Crippen molar-refractivity contribution >= 4 is 23.2 Å². The lowest BCUT2D eigenvalue weighted by Gasteiger charge is -2.22. The Bertz CT molecular complexity index is 992. The van der Waals surface area contributed by atoms with Crippen molar-refractivity contribution < 1.29 is 14.4 Å². The van der Waals surface area contributed by atoms with Crippen LogP contribution in [-0.2, 0) is 16.0 Å². The summed E-state index contributed by atoms with van der Waals surface area (Å²) in [4.78, 5) is 39.0. The molecule has 1 atom stereocenters. The van der Waals surface area contributed by atoms with Gasteiger partial charge < -0.3 is 15.5 Å². The molecule has 1 heterocycles. The number of nitrogens with zero attached hydrogens (tertiary/aromatic N) is 1. The lowest BCUT2D eigenvalue weighted by molar-refractivity contribution is -0.122. The normalized spacial score (nSPS) is 13.3. The maximum atomic E-state index is 12.7. The molecule has 0 spiro atoms. The molecule has 6 nitrogen and oxygen atoms in total. The predicted molar refractivity (Wildman–Crippen MR) is 150 cm³/mol. The van der Waals surface area contributed by atoms with Gasteiger partial charge in [0.05, 0.1) is 0 Å². The number of hydrogen-bond acceptors (Lipinski definition) is 5. The number of nitrogens with one attached hydrogen (secondary N) is 2. The fourth-order valence-electron chi connectivity index (χ4n) is 4.90. The number of anilines is 1. The van der Waals surface area contributed by atoms with Crippen molar-refractivity contribution in [1.82, 2.24) is 10.6 Å². The van der Waals surface area contributed by atoms with Gasteiger partial charge in [0.1, 0.15) is 5.78 Å². The highest BCUT2D eigenvalue weighted by molar-refractivity contribution is 5.96. The average molecular weight is 506 g/mol. The zero-order chi connectivity index (χ0) is 26.3. The number of ketones is 2. The van der Waals surface area contributed by atoms with E-state index in [9.17, 15) is 14.4 Å². The number of benzene rings is 2. The Morgan fingerprint density at radius 1 is 0.892 bits per heavy atom. The van der Waals surface area contributed by atoms with Crippen molar-refractivity contribution in [3.63, 3.8) is 0 Å². The smallest absolute Gasteiger partial charge is 0.220 e. The largest absolute Gasteiger partial charge is 0.370 e. The topological polar surface area (TPSA) is 78.5 Å². The molecule has 0 aromatic heterocycles. The van der Waals surface area contributed by atoms with E-state index >= 15 is 0 Å². The van der Waals surface area contributed by atoms with E-state index in [-0.39, 0.29) is 17.7 Å². The van der Waals surface area contributed by atoms with Crippen molar-refractivity contribution in [2.24, 2.45) is 0 Å². The van der Waals surface area contributed by atoms with Crippen molar-refractivity contribution in [2.45, 2.75) is 77.2 Å². The molecule has 37 heavy (non-hydrogen) atoms. The van der Waals surface area contributed by atoms with Gasteiger partial charge in [-0.25, -0.2) is 0 Å². The van der Waals surface area contributed by atoms with Gasteiger partial charge in [0, 0.05) is 69.2 Å². The highest BCUT2D eigenvalue weighted by Gasteiger charge is 2.18. The maximum Gasteiger partial charge on any atom is 0.220 e. The van der Waals surface area contributed by atoms with E-state index in [2.05, 4.69) is 39.8 Å². The molecule has 0 saturated heterocycles. The van der Waals surface area contributed by atoms with Gasteiger partial charge >= 0.3 is 0 Å². The van der Waals surface area contributed by atoms with Crippen LogP contribution in [0.25, 0.3) is 0 Å². The van der Waals surface area contributed by atoms with E-state index in [0.717, 1.165) is 58.3 Å². The van der Waals surface area contributed by atoms with Gasteiger partial charge in [-0.2, -0.15) is 0 Å². The first-order chi connectivity index (χ1) is 18.1. The third-order valence-corrected chi connectivity index (χ3v) is 7.10. The highest BCUT2D eigenvalue weighted by atomic mass is 16.2. The van der Waals surface area contributed by atoms with Crippen LogP contribution in [0.4, 0.5) is 5.69 Å². The van der Waals surface area contributed by atoms with Crippen LogP contribution in [0.3, 0.4) is 0 Å². The molecule has 2 N–H and O–H groups in total. The van der Waals surface area contributed by atoms with Crippen LogP contribution in [-0.4, -0.2) is 49.7 Å². The lowest BCUT2D eigenvalue weighted by atomic mass is 10.0. The molecule has 6 heteroatoms. The van der Waals surface area contributed by atoms with Crippen LogP contribution < -0.4 is 15.5 Å². The second kappa shape index (κ2) is 16.0. The molecular formula is C31H43N3O3. The highest BCUT2D eigenvalue weighted by Crippen LogP contribution is 2.26. The third-order valence-electron chi connectivity index (χ3n) is 7.10. The van der Waals surface area contributed by atoms with E-state index in [4.69, 9.17) is 0 Å². The molecule has 200 valence electrons. The fraction of sp³-hybridized carbons (Fsp3) is 0.516. The van der Waals surface area contributed by atoms with Crippen LogP contribution in [0.15, 0.2) is 54.6 Å². The number of fused-ring (bicyclic) bond motifs is 1. The summed E-state index contributed by atoms with van der Waals surface area (Å²) in [7, 11) is 0. The summed E-state index contributed by atoms with van der Waals surface area (Å²) in [6.07, 6.45) is 7.41. The number of para-hydroxylation sites is 1. The molecular weight excluding hydrogens is 462 g/mol. The Morgan fingerprint density at radius 3 is 2.49 bits per heavy atom. The number of amides is 1. The number of unbranched alkanes of at least 4 members (excludes halogenated alkanes) is 2. The number of carbonyl (C=O) groups excluding carboxylic acids is 3. The lowest BCUT2D eigenvalue weighted by Crippen LogP contribution is -2.43. The summed E-state index contributed by atoms with van der Waals surface area (Å²) in [5.74, 6) is 0.402. The van der Waals surface area contributed by atoms with Crippen molar-refractivity contribution in [1.29, 1.82) is 0 Å². The second-order valence-electron chi connectivity index (χ2n) is 9.97. The summed E-state index contributed by atoms with van der Waals surface area (Å²) in [6, 6.07) is 17.9. The molecule has 0 fully saturated rings. The molecule has 1 aliphatic rings. The average Bonchev–Trinajstić information content (AvgIpc) is 3.34. The summed E-state index contributed by atoms with van der Waals surface area (Å²) in [6.45, 7) is 5.49. The molecule has 0 saturated carbocycles. The van der Waals surface area contributed by atoms with Crippen LogP contribution in [0.1, 0.15) is 80.6 Å². The summed E-state index contributed by atoms with van der Waals surface area (Å²) < 4.78 is 0. The number of rotatable bonds is 18. The number of hydrogen-bond donors (Lipinski definition) is 2. The minimum Gasteiger partial charge on any atom is -0.370 e. The first-order valence-corrected chi connectivity index (χ1v) is 14.0. The minimum atomic E-state index is 0.00212. The van der Waals surface area contributed by atoms with Crippen LogP contribution >= 0.6 is 0 Å². The van der Waals surface area contributed by atoms with Crippen molar-refractivity contribution in [3.05, 3.63) is 65.7 Å². The van der Waals surface area contributed by atoms with Crippen LogP contribution in [0, 0.1) is 0 Å². The second-order valence-corrected chi connectivity index (χ2v) is 9.97. The van der Waals surface area contributed by atoms with E-state index in [0.29, 0.717) is 43.5 Å². The first-order valence-electron chi connectivity index (χ1n) is 14.0. The van der Waals surface area contributed by atoms with Gasteiger partial charge in [-0.05, 0) is 37.3 Å². The standard InChI is InChI=1S/C31H43N3O3/c1-2-28(35)16-8-4-7-15-27(24-32-21-23-34-22-20-25-12-9-10-17-29(25)34)33-31(37)19-11-18-30(36)26-13-5-3-6-14-26/h3,5-6,9-10,12-14,17,27,32H,2,4,7-8,11,15-16,18-24H2,1H3,(H,33,37). The van der Waals surface area contributed by atoms with Gasteiger partial charge in [0.2, 0.25) is 5.91 Å². The molecule has 2 aromatic carbocycles. The van der Waals surface area contributed by atoms with Crippen molar-refractivity contribution in [2.75, 3.05) is 31.1 Å². The van der Waals surface area contributed by atoms with E-state index in [1.54, 1.807) is 0 Å². The van der Waals surface area contributed by atoms with Gasteiger partial charge in [0.25, 0.3) is 0 Å². The molecule has 3 rings (SSSR count). The zero-order valence-electron chi connectivity index (χ0n) is 22.3. The molecule has 0 bridgehead atoms.